The van der Waals surface area contributed by atoms with Gasteiger partial charge in [0.1, 0.15) is 0 Å². The predicted octanol–water partition coefficient (Wildman–Crippen LogP) is 4.65. The average molecular weight is 384 g/mol. The molecule has 0 radical (unpaired) electrons. The molecule has 0 fully saturated rings. The molecule has 1 aromatic heterocycles. The number of nitrogens with zero attached hydrogens (tertiary/aromatic N) is 3. The van der Waals surface area contributed by atoms with E-state index in [2.05, 4.69) is 26.7 Å². The second-order valence-corrected chi connectivity index (χ2v) is 6.10. The first-order valence-corrected chi connectivity index (χ1v) is 8.16. The molecule has 3 rings (SSSR count). The summed E-state index contributed by atoms with van der Waals surface area (Å²) in [7, 11) is 0. The van der Waals surface area contributed by atoms with Gasteiger partial charge in [-0.2, -0.15) is 5.26 Å². The minimum absolute atomic E-state index is 0.275. The molecule has 2 aromatic carbocycles. The maximum atomic E-state index is 12.3. The zero-order valence-electron chi connectivity index (χ0n) is 13.2. The Bertz CT molecular complexity index is 979. The molecule has 0 spiro atoms. The van der Waals surface area contributed by atoms with Crippen molar-refractivity contribution in [3.05, 3.63) is 76.0 Å². The Labute approximate surface area is 159 Å². The first-order chi connectivity index (χ1) is 12.5. The van der Waals surface area contributed by atoms with Gasteiger partial charge in [0.25, 0.3) is 5.91 Å². The van der Waals surface area contributed by atoms with E-state index in [0.717, 1.165) is 0 Å². The first kappa shape index (κ1) is 17.7. The number of aromatic nitrogens is 2. The number of benzene rings is 2. The normalized spacial score (nSPS) is 10.0. The summed E-state index contributed by atoms with van der Waals surface area (Å²) in [5.41, 5.74) is 1.95. The van der Waals surface area contributed by atoms with E-state index in [-0.39, 0.29) is 11.5 Å². The van der Waals surface area contributed by atoms with Crippen molar-refractivity contribution in [1.82, 2.24) is 9.97 Å². The van der Waals surface area contributed by atoms with E-state index in [1.165, 1.54) is 12.4 Å². The van der Waals surface area contributed by atoms with Crippen LogP contribution in [0.5, 0.6) is 0 Å². The number of anilines is 3. The van der Waals surface area contributed by atoms with Crippen molar-refractivity contribution in [2.24, 2.45) is 0 Å². The van der Waals surface area contributed by atoms with Crippen LogP contribution in [0.15, 0.2) is 54.9 Å². The van der Waals surface area contributed by atoms with Gasteiger partial charge in [0, 0.05) is 33.8 Å². The predicted molar refractivity (Wildman–Crippen MR) is 101 cm³/mol. The summed E-state index contributed by atoms with van der Waals surface area (Å²) in [4.78, 5) is 20.5. The molecular weight excluding hydrogens is 373 g/mol. The third kappa shape index (κ3) is 4.48. The Kier molecular flexibility index (Phi) is 5.32. The van der Waals surface area contributed by atoms with Crippen LogP contribution in [0.2, 0.25) is 10.0 Å². The number of nitrogens with one attached hydrogen (secondary N) is 2. The van der Waals surface area contributed by atoms with E-state index >= 15 is 0 Å². The zero-order chi connectivity index (χ0) is 18.5. The van der Waals surface area contributed by atoms with Gasteiger partial charge in [-0.25, -0.2) is 9.97 Å². The number of hydrogen-bond acceptors (Lipinski definition) is 5. The van der Waals surface area contributed by atoms with Crippen molar-refractivity contribution in [3.8, 4) is 6.07 Å². The molecule has 6 nitrogen and oxygen atoms in total. The Hall–Kier alpha value is -3.14. The van der Waals surface area contributed by atoms with Crippen LogP contribution in [0.4, 0.5) is 17.3 Å². The standard InChI is InChI=1S/C18H11Cl2N5O/c19-13-5-14(20)7-16(6-13)24-17(26)12-9-22-18(23-10-12)25-15-3-1-2-11(4-15)8-21/h1-7,9-10H,(H,24,26)(H,22,23,25). The lowest BCUT2D eigenvalue weighted by Crippen LogP contribution is -2.13. The third-order valence-corrected chi connectivity index (χ3v) is 3.72. The van der Waals surface area contributed by atoms with E-state index in [0.29, 0.717) is 32.9 Å². The molecular formula is C18H11Cl2N5O. The maximum absolute atomic E-state index is 12.3. The van der Waals surface area contributed by atoms with Crippen LogP contribution in [0, 0.1) is 11.3 Å². The van der Waals surface area contributed by atoms with Crippen molar-refractivity contribution in [1.29, 1.82) is 5.26 Å². The maximum Gasteiger partial charge on any atom is 0.258 e. The highest BCUT2D eigenvalue weighted by Crippen LogP contribution is 2.23. The number of amides is 1. The summed E-state index contributed by atoms with van der Waals surface area (Å²) in [6, 6.07) is 13.7. The van der Waals surface area contributed by atoms with Crippen LogP contribution in [-0.2, 0) is 0 Å². The Morgan fingerprint density at radius 1 is 1.00 bits per heavy atom. The first-order valence-electron chi connectivity index (χ1n) is 7.40. The van der Waals surface area contributed by atoms with E-state index in [1.807, 2.05) is 0 Å². The fourth-order valence-corrected chi connectivity index (χ4v) is 2.66. The van der Waals surface area contributed by atoms with Gasteiger partial charge < -0.3 is 10.6 Å². The van der Waals surface area contributed by atoms with Gasteiger partial charge in [0.2, 0.25) is 5.95 Å². The van der Waals surface area contributed by atoms with Crippen LogP contribution in [0.3, 0.4) is 0 Å². The van der Waals surface area contributed by atoms with Gasteiger partial charge in [-0.05, 0) is 36.4 Å². The van der Waals surface area contributed by atoms with Crippen molar-refractivity contribution in [2.75, 3.05) is 10.6 Å². The van der Waals surface area contributed by atoms with Crippen molar-refractivity contribution in [3.63, 3.8) is 0 Å². The molecule has 8 heteroatoms. The molecule has 1 heterocycles. The Balaban J connectivity index is 1.70. The van der Waals surface area contributed by atoms with Crippen molar-refractivity contribution in [2.45, 2.75) is 0 Å². The number of rotatable bonds is 4. The Morgan fingerprint density at radius 3 is 2.35 bits per heavy atom. The molecule has 0 atom stereocenters. The van der Waals surface area contributed by atoms with E-state index in [9.17, 15) is 4.79 Å². The summed E-state index contributed by atoms with van der Waals surface area (Å²) in [5, 5.41) is 15.4. The fraction of sp³-hybridized carbons (Fsp3) is 0. The SMILES string of the molecule is N#Cc1cccc(Nc2ncc(C(=O)Nc3cc(Cl)cc(Cl)c3)cn2)c1. The molecule has 128 valence electrons. The molecule has 0 saturated heterocycles. The number of carbonyl (C=O) groups is 1. The second-order valence-electron chi connectivity index (χ2n) is 5.23. The average Bonchev–Trinajstić information content (AvgIpc) is 2.61. The van der Waals surface area contributed by atoms with Gasteiger partial charge in [0.05, 0.1) is 17.2 Å². The summed E-state index contributed by atoms with van der Waals surface area (Å²) in [5.74, 6) is -0.0798. The molecule has 0 bridgehead atoms. The highest BCUT2D eigenvalue weighted by molar-refractivity contribution is 6.35. The largest absolute Gasteiger partial charge is 0.324 e. The number of carbonyl (C=O) groups excluding carboxylic acids is 1. The number of nitriles is 1. The van der Waals surface area contributed by atoms with Gasteiger partial charge >= 0.3 is 0 Å². The molecule has 0 saturated carbocycles. The lowest BCUT2D eigenvalue weighted by atomic mass is 10.2. The molecule has 0 unspecified atom stereocenters. The monoisotopic (exact) mass is 383 g/mol. The Morgan fingerprint density at radius 2 is 1.69 bits per heavy atom. The third-order valence-electron chi connectivity index (χ3n) is 3.28. The van der Waals surface area contributed by atoms with E-state index in [1.54, 1.807) is 42.5 Å². The lowest BCUT2D eigenvalue weighted by Gasteiger charge is -2.07. The summed E-state index contributed by atoms with van der Waals surface area (Å²) >= 11 is 11.8. The summed E-state index contributed by atoms with van der Waals surface area (Å²) < 4.78 is 0. The lowest BCUT2D eigenvalue weighted by molar-refractivity contribution is 0.102. The molecule has 0 aliphatic heterocycles. The second kappa shape index (κ2) is 7.83. The molecule has 1 amide bonds. The zero-order valence-corrected chi connectivity index (χ0v) is 14.7. The smallest absolute Gasteiger partial charge is 0.258 e. The molecule has 0 aliphatic carbocycles. The van der Waals surface area contributed by atoms with Crippen LogP contribution in [-0.4, -0.2) is 15.9 Å². The van der Waals surface area contributed by atoms with Crippen LogP contribution < -0.4 is 10.6 Å². The van der Waals surface area contributed by atoms with E-state index < -0.39 is 0 Å². The minimum Gasteiger partial charge on any atom is -0.324 e. The molecule has 2 N–H and O–H groups in total. The minimum atomic E-state index is -0.388. The van der Waals surface area contributed by atoms with Gasteiger partial charge in [-0.3, -0.25) is 4.79 Å². The van der Waals surface area contributed by atoms with Gasteiger partial charge in [0.15, 0.2) is 0 Å². The molecule has 26 heavy (non-hydrogen) atoms. The highest BCUT2D eigenvalue weighted by atomic mass is 35.5. The fourth-order valence-electron chi connectivity index (χ4n) is 2.13. The van der Waals surface area contributed by atoms with Gasteiger partial charge in [-0.15, -0.1) is 0 Å². The topological polar surface area (TPSA) is 90.7 Å². The van der Waals surface area contributed by atoms with Crippen LogP contribution in [0.1, 0.15) is 15.9 Å². The van der Waals surface area contributed by atoms with Crippen LogP contribution in [0.25, 0.3) is 0 Å². The molecule has 0 aliphatic rings. The van der Waals surface area contributed by atoms with Gasteiger partial charge in [-0.1, -0.05) is 29.3 Å². The van der Waals surface area contributed by atoms with Crippen LogP contribution >= 0.6 is 23.2 Å². The van der Waals surface area contributed by atoms with E-state index in [4.69, 9.17) is 28.5 Å². The number of halogens is 2. The summed E-state index contributed by atoms with van der Waals surface area (Å²) in [6.45, 7) is 0. The van der Waals surface area contributed by atoms with Crippen molar-refractivity contribution < 1.29 is 4.79 Å². The van der Waals surface area contributed by atoms with Crippen molar-refractivity contribution >= 4 is 46.4 Å². The molecule has 3 aromatic rings. The number of hydrogen-bond donors (Lipinski definition) is 2. The highest BCUT2D eigenvalue weighted by Gasteiger charge is 2.09. The summed E-state index contributed by atoms with van der Waals surface area (Å²) in [6.07, 6.45) is 2.79. The quantitative estimate of drug-likeness (QED) is 0.683.